The largest absolute Gasteiger partial charge is 0.493 e. The van der Waals surface area contributed by atoms with Gasteiger partial charge in [-0.1, -0.05) is 13.0 Å². The molecule has 0 bridgehead atoms. The van der Waals surface area contributed by atoms with Crippen LogP contribution < -0.4 is 9.47 Å². The molecule has 0 unspecified atom stereocenters. The van der Waals surface area contributed by atoms with Crippen molar-refractivity contribution in [2.24, 2.45) is 0 Å². The van der Waals surface area contributed by atoms with Crippen LogP contribution in [-0.4, -0.2) is 42.3 Å². The summed E-state index contributed by atoms with van der Waals surface area (Å²) in [6.45, 7) is 4.16. The number of rotatable bonds is 7. The van der Waals surface area contributed by atoms with Gasteiger partial charge in [-0.25, -0.2) is 0 Å². The number of hydrogen-bond donors (Lipinski definition) is 1. The van der Waals surface area contributed by atoms with Gasteiger partial charge in [-0.15, -0.1) is 0 Å². The first kappa shape index (κ1) is 15.6. The lowest BCUT2D eigenvalue weighted by atomic mass is 10.1. The molecule has 1 N–H and O–H groups in total. The van der Waals surface area contributed by atoms with Gasteiger partial charge in [0.2, 0.25) is 0 Å². The van der Waals surface area contributed by atoms with Gasteiger partial charge >= 0.3 is 5.97 Å². The topological polar surface area (TPSA) is 59.0 Å². The second kappa shape index (κ2) is 7.31. The van der Waals surface area contributed by atoms with Crippen LogP contribution in [0.1, 0.15) is 31.7 Å². The maximum atomic E-state index is 11.2. The number of carbonyl (C=O) groups is 1. The molecule has 1 aliphatic rings. The molecule has 0 amide bonds. The summed E-state index contributed by atoms with van der Waals surface area (Å²) < 4.78 is 11.0. The third-order valence-corrected chi connectivity index (χ3v) is 3.72. The zero-order valence-electron chi connectivity index (χ0n) is 12.7. The third kappa shape index (κ3) is 3.88. The molecule has 0 aromatic heterocycles. The average molecular weight is 293 g/mol. The molecule has 116 valence electrons. The molecular formula is C16H23NO4. The summed E-state index contributed by atoms with van der Waals surface area (Å²) in [6, 6.07) is 5.44. The number of benzene rings is 1. The molecule has 21 heavy (non-hydrogen) atoms. The molecular weight excluding hydrogens is 270 g/mol. The van der Waals surface area contributed by atoms with Crippen LogP contribution in [0.15, 0.2) is 18.2 Å². The minimum atomic E-state index is -0.734. The fourth-order valence-electron chi connectivity index (χ4n) is 2.67. The Balaban J connectivity index is 2.08. The standard InChI is InChI=1S/C16H23NO4/c1-3-9-21-14-7-6-12(10-15(14)20-2)11-17-8-4-5-13(17)16(18)19/h6-7,10,13H,3-5,8-9,11H2,1-2H3,(H,18,19)/t13-/m1/s1. The van der Waals surface area contributed by atoms with Gasteiger partial charge < -0.3 is 14.6 Å². The number of hydrogen-bond acceptors (Lipinski definition) is 4. The first-order chi connectivity index (χ1) is 10.2. The highest BCUT2D eigenvalue weighted by atomic mass is 16.5. The van der Waals surface area contributed by atoms with Gasteiger partial charge in [-0.3, -0.25) is 9.69 Å². The Bertz CT molecular complexity index is 489. The van der Waals surface area contributed by atoms with E-state index in [1.165, 1.54) is 0 Å². The first-order valence-electron chi connectivity index (χ1n) is 7.42. The van der Waals surface area contributed by atoms with Gasteiger partial charge in [-0.2, -0.15) is 0 Å². The molecule has 5 nitrogen and oxygen atoms in total. The average Bonchev–Trinajstić information content (AvgIpc) is 2.94. The smallest absolute Gasteiger partial charge is 0.320 e. The quantitative estimate of drug-likeness (QED) is 0.837. The summed E-state index contributed by atoms with van der Waals surface area (Å²) in [4.78, 5) is 13.2. The van der Waals surface area contributed by atoms with Gasteiger partial charge in [-0.05, 0) is 43.5 Å². The second-order valence-corrected chi connectivity index (χ2v) is 5.30. The Labute approximate surface area is 125 Å². The zero-order valence-corrected chi connectivity index (χ0v) is 12.7. The maximum Gasteiger partial charge on any atom is 0.320 e. The summed E-state index contributed by atoms with van der Waals surface area (Å²) in [7, 11) is 1.62. The van der Waals surface area contributed by atoms with Gasteiger partial charge in [0.25, 0.3) is 0 Å². The second-order valence-electron chi connectivity index (χ2n) is 5.30. The summed E-state index contributed by atoms with van der Waals surface area (Å²) in [6.07, 6.45) is 2.61. The maximum absolute atomic E-state index is 11.2. The summed E-state index contributed by atoms with van der Waals surface area (Å²) in [5.74, 6) is 0.702. The Morgan fingerprint density at radius 1 is 1.43 bits per heavy atom. The van der Waals surface area contributed by atoms with Gasteiger partial charge in [0.1, 0.15) is 6.04 Å². The van der Waals surface area contributed by atoms with Crippen molar-refractivity contribution in [3.05, 3.63) is 23.8 Å². The van der Waals surface area contributed by atoms with E-state index in [-0.39, 0.29) is 6.04 Å². The number of likely N-dealkylation sites (tertiary alicyclic amines) is 1. The fourth-order valence-corrected chi connectivity index (χ4v) is 2.67. The highest BCUT2D eigenvalue weighted by Gasteiger charge is 2.30. The van der Waals surface area contributed by atoms with Crippen LogP contribution in [0.5, 0.6) is 11.5 Å². The van der Waals surface area contributed by atoms with Crippen LogP contribution in [0.3, 0.4) is 0 Å². The number of aliphatic carboxylic acids is 1. The van der Waals surface area contributed by atoms with Crippen molar-refractivity contribution in [1.82, 2.24) is 4.90 Å². The lowest BCUT2D eigenvalue weighted by Crippen LogP contribution is -2.35. The molecule has 1 aromatic carbocycles. The molecule has 5 heteroatoms. The number of carboxylic acids is 1. The molecule has 0 radical (unpaired) electrons. The van der Waals surface area contributed by atoms with Crippen molar-refractivity contribution in [2.45, 2.75) is 38.8 Å². The molecule has 1 aliphatic heterocycles. The number of ether oxygens (including phenoxy) is 2. The monoisotopic (exact) mass is 293 g/mol. The van der Waals surface area contributed by atoms with Gasteiger partial charge in [0.05, 0.1) is 13.7 Å². The van der Waals surface area contributed by atoms with Crippen molar-refractivity contribution in [2.75, 3.05) is 20.3 Å². The van der Waals surface area contributed by atoms with Crippen LogP contribution in [0.4, 0.5) is 0 Å². The molecule has 0 aliphatic carbocycles. The molecule has 1 saturated heterocycles. The predicted molar refractivity (Wildman–Crippen MR) is 79.8 cm³/mol. The Kier molecular flexibility index (Phi) is 5.44. The van der Waals surface area contributed by atoms with Gasteiger partial charge in [0.15, 0.2) is 11.5 Å². The summed E-state index contributed by atoms with van der Waals surface area (Å²) in [5.41, 5.74) is 1.05. The molecule has 1 atom stereocenters. The SMILES string of the molecule is CCCOc1ccc(CN2CCC[C@@H]2C(=O)O)cc1OC. The van der Waals surface area contributed by atoms with Crippen molar-refractivity contribution in [3.63, 3.8) is 0 Å². The number of nitrogens with zero attached hydrogens (tertiary/aromatic N) is 1. The molecule has 0 spiro atoms. The van der Waals surface area contributed by atoms with E-state index < -0.39 is 5.97 Å². The first-order valence-corrected chi connectivity index (χ1v) is 7.42. The zero-order chi connectivity index (χ0) is 15.2. The van der Waals surface area contributed by atoms with Crippen LogP contribution in [0, 0.1) is 0 Å². The van der Waals surface area contributed by atoms with Crippen molar-refractivity contribution >= 4 is 5.97 Å². The number of methoxy groups -OCH3 is 1. The van der Waals surface area contributed by atoms with Gasteiger partial charge in [0, 0.05) is 6.54 Å². The number of carboxylic acid groups (broad SMARTS) is 1. The summed E-state index contributed by atoms with van der Waals surface area (Å²) in [5, 5.41) is 9.22. The lowest BCUT2D eigenvalue weighted by Gasteiger charge is -2.21. The van der Waals surface area contributed by atoms with Crippen LogP contribution in [-0.2, 0) is 11.3 Å². The Hall–Kier alpha value is -1.75. The van der Waals surface area contributed by atoms with Crippen LogP contribution in [0.2, 0.25) is 0 Å². The molecule has 0 saturated carbocycles. The van der Waals surface area contributed by atoms with E-state index in [9.17, 15) is 9.90 Å². The molecule has 1 heterocycles. The minimum Gasteiger partial charge on any atom is -0.493 e. The van der Waals surface area contributed by atoms with E-state index in [1.807, 2.05) is 23.1 Å². The van der Waals surface area contributed by atoms with E-state index in [2.05, 4.69) is 6.92 Å². The lowest BCUT2D eigenvalue weighted by molar-refractivity contribution is -0.142. The third-order valence-electron chi connectivity index (χ3n) is 3.72. The van der Waals surface area contributed by atoms with E-state index >= 15 is 0 Å². The fraction of sp³-hybridized carbons (Fsp3) is 0.562. The highest BCUT2D eigenvalue weighted by molar-refractivity contribution is 5.73. The molecule has 1 aromatic rings. The van der Waals surface area contributed by atoms with E-state index in [0.717, 1.165) is 37.1 Å². The van der Waals surface area contributed by atoms with Crippen molar-refractivity contribution in [3.8, 4) is 11.5 Å². The molecule has 2 rings (SSSR count). The van der Waals surface area contributed by atoms with E-state index in [1.54, 1.807) is 7.11 Å². The summed E-state index contributed by atoms with van der Waals surface area (Å²) >= 11 is 0. The van der Waals surface area contributed by atoms with Crippen LogP contribution in [0.25, 0.3) is 0 Å². The highest BCUT2D eigenvalue weighted by Crippen LogP contribution is 2.30. The Morgan fingerprint density at radius 3 is 2.90 bits per heavy atom. The normalized spacial score (nSPS) is 18.7. The minimum absolute atomic E-state index is 0.369. The van der Waals surface area contributed by atoms with E-state index in [4.69, 9.17) is 9.47 Å². The van der Waals surface area contributed by atoms with Crippen molar-refractivity contribution in [1.29, 1.82) is 0 Å². The van der Waals surface area contributed by atoms with Crippen LogP contribution >= 0.6 is 0 Å². The molecule has 1 fully saturated rings. The Morgan fingerprint density at radius 2 is 2.24 bits per heavy atom. The predicted octanol–water partition coefficient (Wildman–Crippen LogP) is 2.53. The van der Waals surface area contributed by atoms with E-state index in [0.29, 0.717) is 18.9 Å². The van der Waals surface area contributed by atoms with Crippen molar-refractivity contribution < 1.29 is 19.4 Å².